The van der Waals surface area contributed by atoms with Crippen LogP contribution in [0.2, 0.25) is 0 Å². The summed E-state index contributed by atoms with van der Waals surface area (Å²) in [6.07, 6.45) is 1.32. The van der Waals surface area contributed by atoms with E-state index in [9.17, 15) is 0 Å². The molecule has 3 rings (SSSR count). The van der Waals surface area contributed by atoms with E-state index in [0.717, 1.165) is 23.8 Å². The standard InChI is InChI=1S/C16H21N3/c1-12-7-8-19(10-12)11-14-9-13-5-3-4-6-15(13)18-16(14)17-2/h3-6,9,12H,7-8,10-11H2,1-2H3,(H,17,18). The highest BCUT2D eigenvalue weighted by molar-refractivity contribution is 5.81. The molecule has 1 fully saturated rings. The summed E-state index contributed by atoms with van der Waals surface area (Å²) in [7, 11) is 1.95. The van der Waals surface area contributed by atoms with Crippen LogP contribution in [0.5, 0.6) is 0 Å². The van der Waals surface area contributed by atoms with Gasteiger partial charge in [0.05, 0.1) is 5.52 Å². The summed E-state index contributed by atoms with van der Waals surface area (Å²) in [4.78, 5) is 7.24. The van der Waals surface area contributed by atoms with Gasteiger partial charge in [-0.3, -0.25) is 4.90 Å². The van der Waals surface area contributed by atoms with Crippen molar-refractivity contribution in [1.29, 1.82) is 0 Å². The van der Waals surface area contributed by atoms with E-state index in [0.29, 0.717) is 0 Å². The molecule has 2 heterocycles. The third-order valence-electron chi connectivity index (χ3n) is 3.94. The van der Waals surface area contributed by atoms with Crippen LogP contribution < -0.4 is 5.32 Å². The summed E-state index contributed by atoms with van der Waals surface area (Å²) >= 11 is 0. The SMILES string of the molecule is CNc1nc2ccccc2cc1CN1CCC(C)C1. The zero-order valence-electron chi connectivity index (χ0n) is 11.7. The summed E-state index contributed by atoms with van der Waals surface area (Å²) in [6.45, 7) is 5.74. The van der Waals surface area contributed by atoms with E-state index in [-0.39, 0.29) is 0 Å². The number of aromatic nitrogens is 1. The van der Waals surface area contributed by atoms with E-state index in [1.807, 2.05) is 13.1 Å². The minimum atomic E-state index is 0.825. The Balaban J connectivity index is 1.92. The van der Waals surface area contributed by atoms with Crippen LogP contribution in [0.1, 0.15) is 18.9 Å². The smallest absolute Gasteiger partial charge is 0.130 e. The summed E-state index contributed by atoms with van der Waals surface area (Å²) in [5.41, 5.74) is 2.36. The van der Waals surface area contributed by atoms with Gasteiger partial charge in [-0.2, -0.15) is 0 Å². The Labute approximate surface area is 114 Å². The molecule has 0 spiro atoms. The van der Waals surface area contributed by atoms with Crippen LogP contribution in [-0.4, -0.2) is 30.0 Å². The first kappa shape index (κ1) is 12.4. The molecule has 100 valence electrons. The highest BCUT2D eigenvalue weighted by atomic mass is 15.1. The van der Waals surface area contributed by atoms with Gasteiger partial charge in [-0.05, 0) is 31.0 Å². The van der Waals surface area contributed by atoms with Crippen LogP contribution in [0, 0.1) is 5.92 Å². The van der Waals surface area contributed by atoms with Crippen molar-refractivity contribution >= 4 is 16.7 Å². The minimum absolute atomic E-state index is 0.825. The largest absolute Gasteiger partial charge is 0.373 e. The number of benzene rings is 1. The van der Waals surface area contributed by atoms with Crippen molar-refractivity contribution in [3.63, 3.8) is 0 Å². The van der Waals surface area contributed by atoms with Crippen molar-refractivity contribution in [2.75, 3.05) is 25.5 Å². The lowest BCUT2D eigenvalue weighted by atomic mass is 10.1. The molecule has 1 aliphatic rings. The van der Waals surface area contributed by atoms with Crippen LogP contribution in [0.3, 0.4) is 0 Å². The maximum Gasteiger partial charge on any atom is 0.130 e. The Kier molecular flexibility index (Phi) is 3.38. The van der Waals surface area contributed by atoms with E-state index in [1.54, 1.807) is 0 Å². The topological polar surface area (TPSA) is 28.2 Å². The van der Waals surface area contributed by atoms with Gasteiger partial charge in [0.1, 0.15) is 5.82 Å². The number of nitrogens with zero attached hydrogens (tertiary/aromatic N) is 2. The molecule has 1 unspecified atom stereocenters. The van der Waals surface area contributed by atoms with Gasteiger partial charge < -0.3 is 5.32 Å². The van der Waals surface area contributed by atoms with Crippen LogP contribution in [0.4, 0.5) is 5.82 Å². The lowest BCUT2D eigenvalue weighted by molar-refractivity contribution is 0.320. The van der Waals surface area contributed by atoms with E-state index in [4.69, 9.17) is 4.98 Å². The van der Waals surface area contributed by atoms with Crippen LogP contribution in [-0.2, 0) is 6.54 Å². The fourth-order valence-electron chi connectivity index (χ4n) is 2.91. The number of anilines is 1. The van der Waals surface area contributed by atoms with Gasteiger partial charge in [0, 0.05) is 31.1 Å². The van der Waals surface area contributed by atoms with Crippen LogP contribution in [0.25, 0.3) is 10.9 Å². The quantitative estimate of drug-likeness (QED) is 0.913. The number of pyridine rings is 1. The molecule has 1 atom stereocenters. The fourth-order valence-corrected chi connectivity index (χ4v) is 2.91. The second kappa shape index (κ2) is 5.17. The molecule has 0 radical (unpaired) electrons. The average molecular weight is 255 g/mol. The summed E-state index contributed by atoms with van der Waals surface area (Å²) in [5, 5.41) is 4.46. The molecular weight excluding hydrogens is 234 g/mol. The van der Waals surface area contributed by atoms with E-state index in [1.165, 1.54) is 30.5 Å². The molecule has 1 aliphatic heterocycles. The molecule has 1 aromatic carbocycles. The van der Waals surface area contributed by atoms with Crippen LogP contribution in [0.15, 0.2) is 30.3 Å². The molecular formula is C16H21N3. The van der Waals surface area contributed by atoms with Crippen molar-refractivity contribution in [3.8, 4) is 0 Å². The molecule has 19 heavy (non-hydrogen) atoms. The fraction of sp³-hybridized carbons (Fsp3) is 0.438. The van der Waals surface area contributed by atoms with Crippen molar-refractivity contribution in [3.05, 3.63) is 35.9 Å². The predicted molar refractivity (Wildman–Crippen MR) is 80.3 cm³/mol. The molecule has 1 saturated heterocycles. The zero-order valence-corrected chi connectivity index (χ0v) is 11.7. The second-order valence-electron chi connectivity index (χ2n) is 5.57. The second-order valence-corrected chi connectivity index (χ2v) is 5.57. The van der Waals surface area contributed by atoms with E-state index in [2.05, 4.69) is 41.4 Å². The molecule has 0 aliphatic carbocycles. The first-order chi connectivity index (χ1) is 9.26. The molecule has 0 amide bonds. The lowest BCUT2D eigenvalue weighted by Gasteiger charge is -2.18. The number of likely N-dealkylation sites (tertiary alicyclic amines) is 1. The molecule has 2 aromatic rings. The first-order valence-corrected chi connectivity index (χ1v) is 7.05. The van der Waals surface area contributed by atoms with Gasteiger partial charge in [-0.25, -0.2) is 4.98 Å². The van der Waals surface area contributed by atoms with Crippen molar-refractivity contribution in [1.82, 2.24) is 9.88 Å². The van der Waals surface area contributed by atoms with Crippen molar-refractivity contribution < 1.29 is 0 Å². The number of para-hydroxylation sites is 1. The van der Waals surface area contributed by atoms with Gasteiger partial charge in [0.25, 0.3) is 0 Å². The molecule has 1 N–H and O–H groups in total. The minimum Gasteiger partial charge on any atom is -0.373 e. The van der Waals surface area contributed by atoms with Crippen LogP contribution >= 0.6 is 0 Å². The number of fused-ring (bicyclic) bond motifs is 1. The Morgan fingerprint density at radius 1 is 1.37 bits per heavy atom. The number of rotatable bonds is 3. The monoisotopic (exact) mass is 255 g/mol. The Bertz CT molecular complexity index is 579. The third kappa shape index (κ3) is 2.56. The zero-order chi connectivity index (χ0) is 13.2. The molecule has 3 heteroatoms. The Morgan fingerprint density at radius 2 is 2.21 bits per heavy atom. The molecule has 0 saturated carbocycles. The Hall–Kier alpha value is -1.61. The highest BCUT2D eigenvalue weighted by Gasteiger charge is 2.19. The van der Waals surface area contributed by atoms with Gasteiger partial charge in [-0.1, -0.05) is 25.1 Å². The number of nitrogens with one attached hydrogen (secondary N) is 1. The van der Waals surface area contributed by atoms with E-state index >= 15 is 0 Å². The van der Waals surface area contributed by atoms with E-state index < -0.39 is 0 Å². The lowest BCUT2D eigenvalue weighted by Crippen LogP contribution is -2.20. The number of hydrogen-bond donors (Lipinski definition) is 1. The van der Waals surface area contributed by atoms with Gasteiger partial charge in [0.15, 0.2) is 0 Å². The van der Waals surface area contributed by atoms with Gasteiger partial charge in [-0.15, -0.1) is 0 Å². The molecule has 3 nitrogen and oxygen atoms in total. The maximum absolute atomic E-state index is 4.72. The van der Waals surface area contributed by atoms with Gasteiger partial charge in [0.2, 0.25) is 0 Å². The van der Waals surface area contributed by atoms with Gasteiger partial charge >= 0.3 is 0 Å². The first-order valence-electron chi connectivity index (χ1n) is 7.05. The number of hydrogen-bond acceptors (Lipinski definition) is 3. The molecule has 1 aromatic heterocycles. The van der Waals surface area contributed by atoms with Crippen molar-refractivity contribution in [2.24, 2.45) is 5.92 Å². The summed E-state index contributed by atoms with van der Waals surface area (Å²) in [6, 6.07) is 10.6. The predicted octanol–water partition coefficient (Wildman–Crippen LogP) is 3.12. The summed E-state index contributed by atoms with van der Waals surface area (Å²) < 4.78 is 0. The average Bonchev–Trinajstić information content (AvgIpc) is 2.83. The normalized spacial score (nSPS) is 20.0. The molecule has 0 bridgehead atoms. The Morgan fingerprint density at radius 3 is 2.95 bits per heavy atom. The highest BCUT2D eigenvalue weighted by Crippen LogP contribution is 2.24. The summed E-state index contributed by atoms with van der Waals surface area (Å²) in [5.74, 6) is 1.84. The third-order valence-corrected chi connectivity index (χ3v) is 3.94. The maximum atomic E-state index is 4.72. The van der Waals surface area contributed by atoms with Crippen molar-refractivity contribution in [2.45, 2.75) is 19.9 Å².